The van der Waals surface area contributed by atoms with Gasteiger partial charge in [0.25, 0.3) is 0 Å². The fourth-order valence-corrected chi connectivity index (χ4v) is 1.87. The van der Waals surface area contributed by atoms with Gasteiger partial charge in [0.2, 0.25) is 5.69 Å². The van der Waals surface area contributed by atoms with Gasteiger partial charge in [-0.25, -0.2) is 0 Å². The third-order valence-corrected chi connectivity index (χ3v) is 2.53. The first kappa shape index (κ1) is 12.3. The molecule has 88 valence electrons. The van der Waals surface area contributed by atoms with E-state index in [4.69, 9.17) is 19.7 Å². The number of nitrogens with zero attached hydrogens (tertiary/aromatic N) is 1. The minimum Gasteiger partial charge on any atom is -0.496 e. The van der Waals surface area contributed by atoms with Gasteiger partial charge in [0, 0.05) is 11.1 Å². The van der Waals surface area contributed by atoms with Crippen molar-refractivity contribution in [1.29, 1.82) is 0 Å². The van der Waals surface area contributed by atoms with Crippen LogP contribution in [0.4, 0.5) is 5.69 Å². The van der Waals surface area contributed by atoms with Crippen LogP contribution in [-0.2, 0) is 0 Å². The summed E-state index contributed by atoms with van der Waals surface area (Å²) in [6, 6.07) is 0. The van der Waals surface area contributed by atoms with Crippen LogP contribution >= 0.6 is 0 Å². The van der Waals surface area contributed by atoms with Crippen molar-refractivity contribution in [1.82, 2.24) is 0 Å². The second kappa shape index (κ2) is 4.83. The summed E-state index contributed by atoms with van der Waals surface area (Å²) in [4.78, 5) is 0. The van der Waals surface area contributed by atoms with E-state index < -0.39 is 0 Å². The molecule has 1 rings (SSSR count). The fraction of sp³-hybridized carbons (Fsp3) is 0.455. The Morgan fingerprint density at radius 3 is 1.44 bits per heavy atom. The lowest BCUT2D eigenvalue weighted by molar-refractivity contribution is -0.210. The third-order valence-electron chi connectivity index (χ3n) is 2.53. The van der Waals surface area contributed by atoms with Crippen molar-refractivity contribution in [2.45, 2.75) is 13.8 Å². The first-order valence-corrected chi connectivity index (χ1v) is 4.82. The van der Waals surface area contributed by atoms with Crippen LogP contribution < -0.4 is 19.7 Å². The van der Waals surface area contributed by atoms with Gasteiger partial charge in [-0.2, -0.15) is 5.53 Å². The van der Waals surface area contributed by atoms with Crippen LogP contribution in [0.15, 0.2) is 5.11 Å². The van der Waals surface area contributed by atoms with E-state index in [9.17, 15) is 0 Å². The molecule has 0 saturated heterocycles. The van der Waals surface area contributed by atoms with Crippen LogP contribution in [0.1, 0.15) is 11.1 Å². The van der Waals surface area contributed by atoms with Gasteiger partial charge < -0.3 is 14.2 Å². The summed E-state index contributed by atoms with van der Waals surface area (Å²) in [6.07, 6.45) is 0. The van der Waals surface area contributed by atoms with Crippen LogP contribution in [0, 0.1) is 13.8 Å². The lowest BCUT2D eigenvalue weighted by atomic mass is 10.1. The molecule has 0 aliphatic rings. The van der Waals surface area contributed by atoms with Crippen LogP contribution in [0.2, 0.25) is 0 Å². The molecule has 16 heavy (non-hydrogen) atoms. The van der Waals surface area contributed by atoms with Crippen molar-refractivity contribution in [3.8, 4) is 17.2 Å². The molecule has 0 amide bonds. The molecule has 0 atom stereocenters. The lowest BCUT2D eigenvalue weighted by Gasteiger charge is -2.17. The highest BCUT2D eigenvalue weighted by Crippen LogP contribution is 2.47. The second-order valence-corrected chi connectivity index (χ2v) is 3.33. The molecule has 1 aromatic rings. The third kappa shape index (κ3) is 1.68. The molecule has 0 fully saturated rings. The topological polar surface area (TPSA) is 65.6 Å². The molecule has 0 aliphatic carbocycles. The summed E-state index contributed by atoms with van der Waals surface area (Å²) in [6.45, 7) is 3.78. The van der Waals surface area contributed by atoms with Gasteiger partial charge in [-0.05, 0) is 19.0 Å². The van der Waals surface area contributed by atoms with E-state index in [0.29, 0.717) is 17.2 Å². The number of nitrogens with two attached hydrogens (primary N) is 1. The zero-order valence-corrected chi connectivity index (χ0v) is 10.2. The van der Waals surface area contributed by atoms with Crippen LogP contribution in [0.5, 0.6) is 17.2 Å². The molecule has 0 spiro atoms. The number of hydrogen-bond donors (Lipinski definition) is 1. The quantitative estimate of drug-likeness (QED) is 0.782. The number of methoxy groups -OCH3 is 3. The second-order valence-electron chi connectivity index (χ2n) is 3.33. The van der Waals surface area contributed by atoms with Gasteiger partial charge >= 0.3 is 0 Å². The first-order valence-electron chi connectivity index (χ1n) is 4.82. The molecule has 5 nitrogen and oxygen atoms in total. The minimum absolute atomic E-state index is 0.501. The highest BCUT2D eigenvalue weighted by molar-refractivity contribution is 5.72. The summed E-state index contributed by atoms with van der Waals surface area (Å²) < 4.78 is 15.9. The smallest absolute Gasteiger partial charge is 0.214 e. The van der Waals surface area contributed by atoms with Crippen LogP contribution in [-0.4, -0.2) is 21.3 Å². The summed E-state index contributed by atoms with van der Waals surface area (Å²) in [5.74, 6) is 1.87. The van der Waals surface area contributed by atoms with Gasteiger partial charge in [0.15, 0.2) is 11.5 Å². The minimum atomic E-state index is 0.501. The molecule has 0 aromatic heterocycles. The van der Waals surface area contributed by atoms with Gasteiger partial charge in [0.1, 0.15) is 5.75 Å². The van der Waals surface area contributed by atoms with Gasteiger partial charge in [-0.3, -0.25) is 0 Å². The molecule has 0 unspecified atom stereocenters. The number of ether oxygens (including phenoxy) is 3. The SMILES string of the molecule is COc1c(C)c(OC)c(N=[NH2+])c(OC)c1C. The number of benzene rings is 1. The molecular weight excluding hydrogens is 208 g/mol. The Morgan fingerprint density at radius 2 is 1.19 bits per heavy atom. The molecule has 0 saturated carbocycles. The molecule has 0 heterocycles. The average Bonchev–Trinajstić information content (AvgIpc) is 2.29. The highest BCUT2D eigenvalue weighted by Gasteiger charge is 2.22. The Morgan fingerprint density at radius 1 is 0.812 bits per heavy atom. The summed E-state index contributed by atoms with van der Waals surface area (Å²) >= 11 is 0. The van der Waals surface area contributed by atoms with Crippen molar-refractivity contribution in [2.75, 3.05) is 21.3 Å². The predicted molar refractivity (Wildman–Crippen MR) is 59.6 cm³/mol. The zero-order valence-electron chi connectivity index (χ0n) is 10.2. The monoisotopic (exact) mass is 225 g/mol. The Hall–Kier alpha value is -1.78. The molecule has 0 bridgehead atoms. The van der Waals surface area contributed by atoms with Gasteiger partial charge in [0.05, 0.1) is 21.3 Å². The normalized spacial score (nSPS) is 9.81. The summed E-state index contributed by atoms with van der Waals surface area (Å²) in [5.41, 5.74) is 7.57. The maximum Gasteiger partial charge on any atom is 0.214 e. The summed E-state index contributed by atoms with van der Waals surface area (Å²) in [7, 11) is 4.73. The highest BCUT2D eigenvalue weighted by atomic mass is 16.5. The number of rotatable bonds is 4. The van der Waals surface area contributed by atoms with Crippen LogP contribution in [0.3, 0.4) is 0 Å². The van der Waals surface area contributed by atoms with Crippen LogP contribution in [0.25, 0.3) is 0 Å². The Balaban J connectivity index is 3.67. The zero-order chi connectivity index (χ0) is 12.3. The lowest BCUT2D eigenvalue weighted by Crippen LogP contribution is -2.22. The van der Waals surface area contributed by atoms with Crippen molar-refractivity contribution in [3.05, 3.63) is 11.1 Å². The van der Waals surface area contributed by atoms with E-state index in [-0.39, 0.29) is 0 Å². The van der Waals surface area contributed by atoms with Crippen molar-refractivity contribution < 1.29 is 19.7 Å². The molecular formula is C11H17N2O3+. The van der Waals surface area contributed by atoms with E-state index >= 15 is 0 Å². The van der Waals surface area contributed by atoms with Crippen molar-refractivity contribution in [2.24, 2.45) is 5.11 Å². The standard InChI is InChI=1S/C11H16N2O3/c1-6-9(14-3)7(2)11(16-5)8(13-12)10(6)15-4/h12H,1-5H3/p+1. The summed E-state index contributed by atoms with van der Waals surface area (Å²) in [5, 5.41) is 3.70. The largest absolute Gasteiger partial charge is 0.496 e. The number of hydrogen-bond acceptors (Lipinski definition) is 4. The van der Waals surface area contributed by atoms with Crippen molar-refractivity contribution in [3.63, 3.8) is 0 Å². The Labute approximate surface area is 94.8 Å². The van der Waals surface area contributed by atoms with Gasteiger partial charge in [-0.1, -0.05) is 0 Å². The first-order chi connectivity index (χ1) is 7.62. The Bertz CT molecular complexity index is 385. The molecule has 0 radical (unpaired) electrons. The van der Waals surface area contributed by atoms with E-state index in [1.807, 2.05) is 13.8 Å². The van der Waals surface area contributed by atoms with E-state index in [2.05, 4.69) is 5.11 Å². The van der Waals surface area contributed by atoms with E-state index in [0.717, 1.165) is 16.9 Å². The molecule has 0 aliphatic heterocycles. The predicted octanol–water partition coefficient (Wildman–Crippen LogP) is 1.17. The molecule has 5 heteroatoms. The Kier molecular flexibility index (Phi) is 3.71. The van der Waals surface area contributed by atoms with Gasteiger partial charge in [-0.15, -0.1) is 0 Å². The molecule has 1 aromatic carbocycles. The maximum absolute atomic E-state index is 5.36. The average molecular weight is 225 g/mol. The fourth-order valence-electron chi connectivity index (χ4n) is 1.87. The van der Waals surface area contributed by atoms with Crippen molar-refractivity contribution >= 4 is 5.69 Å². The van der Waals surface area contributed by atoms with E-state index in [1.54, 1.807) is 21.3 Å². The molecule has 2 N–H and O–H groups in total. The maximum atomic E-state index is 5.36. The van der Waals surface area contributed by atoms with E-state index in [1.165, 1.54) is 0 Å².